The minimum absolute atomic E-state index is 0. The van der Waals surface area contributed by atoms with Gasteiger partial charge in [-0.2, -0.15) is 4.31 Å². The fourth-order valence-electron chi connectivity index (χ4n) is 5.31. The summed E-state index contributed by atoms with van der Waals surface area (Å²) in [7, 11) is -1.73. The van der Waals surface area contributed by atoms with Gasteiger partial charge in [0.15, 0.2) is 5.78 Å². The highest BCUT2D eigenvalue weighted by molar-refractivity contribution is 7.89. The normalized spacial score (nSPS) is 20.0. The summed E-state index contributed by atoms with van der Waals surface area (Å²) in [6, 6.07) is 4.06. The zero-order valence-electron chi connectivity index (χ0n) is 19.9. The van der Waals surface area contributed by atoms with E-state index in [0.29, 0.717) is 44.6 Å². The Kier molecular flexibility index (Phi) is 10.6. The van der Waals surface area contributed by atoms with Gasteiger partial charge in [0.2, 0.25) is 10.0 Å². The number of rotatable bonds is 9. The number of piperazine rings is 1. The number of hydrogen-bond acceptors (Lipinski definition) is 5. The van der Waals surface area contributed by atoms with Crippen LogP contribution in [0.4, 0.5) is 4.39 Å². The number of halogens is 2. The van der Waals surface area contributed by atoms with Gasteiger partial charge in [-0.25, -0.2) is 12.8 Å². The van der Waals surface area contributed by atoms with E-state index in [1.807, 2.05) is 6.92 Å². The summed E-state index contributed by atoms with van der Waals surface area (Å²) in [6.45, 7) is 4.34. The molecule has 1 saturated carbocycles. The van der Waals surface area contributed by atoms with Gasteiger partial charge in [-0.05, 0) is 37.8 Å². The molecule has 9 heteroatoms. The van der Waals surface area contributed by atoms with E-state index in [1.165, 1.54) is 38.2 Å². The molecule has 0 bridgehead atoms. The molecule has 33 heavy (non-hydrogen) atoms. The SMILES string of the molecule is CCCS(=O)(=O)N1CCN(C2(CCC(=O)c3ccc(F)cc3OC)CCCCCC2)CC1.Cl. The van der Waals surface area contributed by atoms with Crippen molar-refractivity contribution < 1.29 is 22.3 Å². The van der Waals surface area contributed by atoms with Gasteiger partial charge in [0.1, 0.15) is 11.6 Å². The maximum atomic E-state index is 13.5. The van der Waals surface area contributed by atoms with Crippen LogP contribution in [0.3, 0.4) is 0 Å². The lowest BCUT2D eigenvalue weighted by molar-refractivity contribution is 0.0320. The van der Waals surface area contributed by atoms with Crippen LogP contribution in [0.2, 0.25) is 0 Å². The van der Waals surface area contributed by atoms with Crippen molar-refractivity contribution in [3.8, 4) is 5.75 Å². The summed E-state index contributed by atoms with van der Waals surface area (Å²) in [5.41, 5.74) is 0.341. The van der Waals surface area contributed by atoms with E-state index < -0.39 is 15.8 Å². The van der Waals surface area contributed by atoms with Crippen molar-refractivity contribution in [2.45, 2.75) is 70.3 Å². The number of hydrogen-bond donors (Lipinski definition) is 0. The van der Waals surface area contributed by atoms with E-state index in [0.717, 1.165) is 32.1 Å². The molecule has 1 saturated heterocycles. The molecular weight excluding hydrogens is 467 g/mol. The highest BCUT2D eigenvalue weighted by atomic mass is 35.5. The number of nitrogens with zero attached hydrogens (tertiary/aromatic N) is 2. The third-order valence-electron chi connectivity index (χ3n) is 7.08. The Morgan fingerprint density at radius 2 is 1.73 bits per heavy atom. The first-order chi connectivity index (χ1) is 15.3. The van der Waals surface area contributed by atoms with Crippen LogP contribution >= 0.6 is 12.4 Å². The van der Waals surface area contributed by atoms with Crippen LogP contribution in [0.5, 0.6) is 5.75 Å². The van der Waals surface area contributed by atoms with Gasteiger partial charge >= 0.3 is 0 Å². The fourth-order valence-corrected chi connectivity index (χ4v) is 6.81. The van der Waals surface area contributed by atoms with Crippen molar-refractivity contribution in [3.05, 3.63) is 29.6 Å². The zero-order chi connectivity index (χ0) is 23.2. The Bertz CT molecular complexity index is 880. The number of benzene rings is 1. The highest BCUT2D eigenvalue weighted by Gasteiger charge is 2.40. The number of ketones is 1. The molecule has 1 aliphatic carbocycles. The molecule has 2 aliphatic rings. The Morgan fingerprint density at radius 3 is 2.30 bits per heavy atom. The van der Waals surface area contributed by atoms with E-state index in [4.69, 9.17) is 4.74 Å². The molecule has 3 rings (SSSR count). The summed E-state index contributed by atoms with van der Waals surface area (Å²) in [4.78, 5) is 15.5. The number of ether oxygens (including phenoxy) is 1. The first-order valence-corrected chi connectivity index (χ1v) is 13.5. The van der Waals surface area contributed by atoms with Gasteiger partial charge in [0, 0.05) is 44.2 Å². The Balaban J connectivity index is 0.00000385. The number of Topliss-reactive ketones (excluding diaryl/α,β-unsaturated/α-hetero) is 1. The molecule has 0 unspecified atom stereocenters. The third kappa shape index (κ3) is 6.90. The number of sulfonamides is 1. The summed E-state index contributed by atoms with van der Waals surface area (Å²) < 4.78 is 45.4. The Morgan fingerprint density at radius 1 is 1.09 bits per heavy atom. The van der Waals surface area contributed by atoms with Crippen molar-refractivity contribution in [1.29, 1.82) is 0 Å². The van der Waals surface area contributed by atoms with Gasteiger partial charge in [0.25, 0.3) is 0 Å². The predicted octanol–water partition coefficient (Wildman–Crippen LogP) is 4.67. The predicted molar refractivity (Wildman–Crippen MR) is 131 cm³/mol. The van der Waals surface area contributed by atoms with Gasteiger partial charge in [0.05, 0.1) is 18.4 Å². The summed E-state index contributed by atoms with van der Waals surface area (Å²) in [6.07, 6.45) is 8.44. The van der Waals surface area contributed by atoms with E-state index in [-0.39, 0.29) is 35.2 Å². The van der Waals surface area contributed by atoms with Crippen molar-refractivity contribution in [2.24, 2.45) is 0 Å². The lowest BCUT2D eigenvalue weighted by atomic mass is 9.82. The molecule has 0 N–H and O–H groups in total. The van der Waals surface area contributed by atoms with Crippen LogP contribution in [-0.2, 0) is 10.0 Å². The van der Waals surface area contributed by atoms with Crippen molar-refractivity contribution >= 4 is 28.2 Å². The number of carbonyl (C=O) groups is 1. The second-order valence-corrected chi connectivity index (χ2v) is 11.2. The first-order valence-electron chi connectivity index (χ1n) is 11.9. The molecule has 188 valence electrons. The quantitative estimate of drug-likeness (QED) is 0.361. The molecule has 1 aromatic rings. The van der Waals surface area contributed by atoms with Gasteiger partial charge in [-0.1, -0.05) is 32.6 Å². The lowest BCUT2D eigenvalue weighted by Crippen LogP contribution is -2.58. The number of carbonyl (C=O) groups excluding carboxylic acids is 1. The third-order valence-corrected chi connectivity index (χ3v) is 9.16. The molecule has 0 spiro atoms. The number of methoxy groups -OCH3 is 1. The van der Waals surface area contributed by atoms with E-state index in [2.05, 4.69) is 4.90 Å². The molecule has 1 heterocycles. The van der Waals surface area contributed by atoms with E-state index in [1.54, 1.807) is 4.31 Å². The minimum Gasteiger partial charge on any atom is -0.496 e. The van der Waals surface area contributed by atoms with Gasteiger partial charge in [-0.3, -0.25) is 9.69 Å². The summed E-state index contributed by atoms with van der Waals surface area (Å²) in [5.74, 6) is 0.0235. The second kappa shape index (κ2) is 12.5. The molecule has 0 aromatic heterocycles. The molecule has 0 amide bonds. The summed E-state index contributed by atoms with van der Waals surface area (Å²) in [5, 5.41) is 0. The zero-order valence-corrected chi connectivity index (χ0v) is 21.5. The van der Waals surface area contributed by atoms with Crippen molar-refractivity contribution in [1.82, 2.24) is 9.21 Å². The molecule has 1 aromatic carbocycles. The first kappa shape index (κ1) is 28.0. The van der Waals surface area contributed by atoms with E-state index in [9.17, 15) is 17.6 Å². The van der Waals surface area contributed by atoms with Crippen LogP contribution in [0.25, 0.3) is 0 Å². The van der Waals surface area contributed by atoms with E-state index >= 15 is 0 Å². The minimum atomic E-state index is -3.18. The van der Waals surface area contributed by atoms with Crippen LogP contribution in [0, 0.1) is 5.82 Å². The molecule has 0 atom stereocenters. The smallest absolute Gasteiger partial charge is 0.214 e. The van der Waals surface area contributed by atoms with Crippen molar-refractivity contribution in [3.63, 3.8) is 0 Å². The molecule has 0 radical (unpaired) electrons. The van der Waals surface area contributed by atoms with Crippen LogP contribution in [0.15, 0.2) is 18.2 Å². The Labute approximate surface area is 204 Å². The second-order valence-electron chi connectivity index (χ2n) is 9.11. The monoisotopic (exact) mass is 504 g/mol. The maximum Gasteiger partial charge on any atom is 0.214 e. The van der Waals surface area contributed by atoms with Crippen molar-refractivity contribution in [2.75, 3.05) is 39.0 Å². The fraction of sp³-hybridized carbons (Fsp3) is 0.708. The molecule has 2 fully saturated rings. The maximum absolute atomic E-state index is 13.5. The molecule has 1 aliphatic heterocycles. The largest absolute Gasteiger partial charge is 0.496 e. The highest BCUT2D eigenvalue weighted by Crippen LogP contribution is 2.38. The average Bonchev–Trinajstić information content (AvgIpc) is 3.04. The topological polar surface area (TPSA) is 66.9 Å². The van der Waals surface area contributed by atoms with Crippen LogP contribution in [-0.4, -0.2) is 68.0 Å². The Hall–Kier alpha value is -1.22. The van der Waals surface area contributed by atoms with Gasteiger partial charge < -0.3 is 4.74 Å². The van der Waals surface area contributed by atoms with Crippen LogP contribution < -0.4 is 4.74 Å². The molecular formula is C24H38ClFN2O4S. The molecule has 6 nitrogen and oxygen atoms in total. The average molecular weight is 505 g/mol. The standard InChI is InChI=1S/C24H37FN2O4S.ClH/c1-3-18-32(29,30)27-16-14-26(15-17-27)24(11-6-4-5-7-12-24)13-10-22(28)21-9-8-20(25)19-23(21)31-2;/h8-9,19H,3-7,10-18H2,1-2H3;1H. The summed E-state index contributed by atoms with van der Waals surface area (Å²) >= 11 is 0. The lowest BCUT2D eigenvalue weighted by Gasteiger charge is -2.48. The van der Waals surface area contributed by atoms with Gasteiger partial charge in [-0.15, -0.1) is 12.4 Å². The van der Waals surface area contributed by atoms with Crippen LogP contribution in [0.1, 0.15) is 75.1 Å².